The number of hydrogen-bond donors (Lipinski definition) is 1. The van der Waals surface area contributed by atoms with Gasteiger partial charge in [0.1, 0.15) is 0 Å². The van der Waals surface area contributed by atoms with E-state index in [1.165, 1.54) is 18.4 Å². The first kappa shape index (κ1) is 16.8. The molecule has 0 fully saturated rings. The summed E-state index contributed by atoms with van der Waals surface area (Å²) in [5.41, 5.74) is 1.63. The van der Waals surface area contributed by atoms with Crippen LogP contribution in [0.3, 0.4) is 0 Å². The number of amides is 1. The van der Waals surface area contributed by atoms with Gasteiger partial charge in [-0.05, 0) is 41.1 Å². The summed E-state index contributed by atoms with van der Waals surface area (Å²) in [6.45, 7) is 0. The largest absolute Gasteiger partial charge is 0.504 e. The number of nitrogens with zero attached hydrogens (tertiary/aromatic N) is 2. The zero-order valence-corrected chi connectivity index (χ0v) is 15.6. The molecule has 1 unspecified atom stereocenters. The molecule has 26 heavy (non-hydrogen) atoms. The van der Waals surface area contributed by atoms with Crippen LogP contribution in [0, 0.1) is 0 Å². The van der Waals surface area contributed by atoms with Crippen LogP contribution in [0.5, 0.6) is 11.5 Å². The molecule has 0 bridgehead atoms. The third-order valence-corrected chi connectivity index (χ3v) is 6.07. The minimum Gasteiger partial charge on any atom is -0.504 e. The van der Waals surface area contributed by atoms with Crippen LogP contribution in [0.1, 0.15) is 32.6 Å². The van der Waals surface area contributed by atoms with Crippen LogP contribution in [0.4, 0.5) is 0 Å². The standard InChI is InChI=1S/C19H16N2O3S2/c1-24-16-10-12(6-7-15(16)22)13-11-14(17-4-2-8-25-17)21(20-13)19(23)18-5-3-9-26-18/h2-10,14,22H,11H2,1H3. The molecule has 0 aliphatic carbocycles. The molecule has 132 valence electrons. The van der Waals surface area contributed by atoms with Crippen molar-refractivity contribution < 1.29 is 14.6 Å². The Balaban J connectivity index is 1.72. The Morgan fingerprint density at radius 2 is 2.04 bits per heavy atom. The summed E-state index contributed by atoms with van der Waals surface area (Å²) >= 11 is 3.03. The van der Waals surface area contributed by atoms with Gasteiger partial charge >= 0.3 is 0 Å². The molecule has 1 aliphatic rings. The first-order chi connectivity index (χ1) is 12.7. The van der Waals surface area contributed by atoms with Crippen LogP contribution in [0.15, 0.2) is 58.3 Å². The lowest BCUT2D eigenvalue weighted by Gasteiger charge is -2.19. The van der Waals surface area contributed by atoms with Crippen LogP contribution in [-0.4, -0.2) is 28.8 Å². The lowest BCUT2D eigenvalue weighted by molar-refractivity contribution is 0.0719. The van der Waals surface area contributed by atoms with Gasteiger partial charge < -0.3 is 9.84 Å². The van der Waals surface area contributed by atoms with Crippen LogP contribution < -0.4 is 4.74 Å². The lowest BCUT2D eigenvalue weighted by Crippen LogP contribution is -2.25. The van der Waals surface area contributed by atoms with Crippen LogP contribution >= 0.6 is 22.7 Å². The van der Waals surface area contributed by atoms with Crippen molar-refractivity contribution in [1.29, 1.82) is 0 Å². The Hall–Kier alpha value is -2.64. The molecule has 1 aliphatic heterocycles. The summed E-state index contributed by atoms with van der Waals surface area (Å²) in [4.78, 5) is 14.7. The number of carbonyl (C=O) groups is 1. The predicted octanol–water partition coefficient (Wildman–Crippen LogP) is 4.52. The Bertz CT molecular complexity index is 949. The number of thiophene rings is 2. The third-order valence-electron chi connectivity index (χ3n) is 4.23. The van der Waals surface area contributed by atoms with E-state index in [9.17, 15) is 9.90 Å². The van der Waals surface area contributed by atoms with E-state index in [1.54, 1.807) is 34.5 Å². The van der Waals surface area contributed by atoms with Gasteiger partial charge in [0.25, 0.3) is 5.91 Å². The maximum atomic E-state index is 12.9. The van der Waals surface area contributed by atoms with E-state index >= 15 is 0 Å². The molecule has 1 N–H and O–H groups in total. The zero-order chi connectivity index (χ0) is 18.1. The van der Waals surface area contributed by atoms with Crippen molar-refractivity contribution in [3.05, 3.63) is 68.5 Å². The predicted molar refractivity (Wildman–Crippen MR) is 103 cm³/mol. The summed E-state index contributed by atoms with van der Waals surface area (Å²) in [7, 11) is 1.51. The first-order valence-electron chi connectivity index (χ1n) is 8.02. The second kappa shape index (κ2) is 6.93. The van der Waals surface area contributed by atoms with Crippen molar-refractivity contribution in [3.63, 3.8) is 0 Å². The molecule has 5 nitrogen and oxygen atoms in total. The van der Waals surface area contributed by atoms with Crippen LogP contribution in [-0.2, 0) is 0 Å². The highest BCUT2D eigenvalue weighted by molar-refractivity contribution is 7.12. The number of phenols is 1. The quantitative estimate of drug-likeness (QED) is 0.720. The van der Waals surface area contributed by atoms with Crippen LogP contribution in [0.2, 0.25) is 0 Å². The number of benzene rings is 1. The van der Waals surface area contributed by atoms with E-state index < -0.39 is 0 Å². The summed E-state index contributed by atoms with van der Waals surface area (Å²) < 4.78 is 5.20. The van der Waals surface area contributed by atoms with Crippen molar-refractivity contribution in [2.45, 2.75) is 12.5 Å². The number of carbonyl (C=O) groups excluding carboxylic acids is 1. The van der Waals surface area contributed by atoms with Crippen molar-refractivity contribution >= 4 is 34.3 Å². The Kier molecular flexibility index (Phi) is 4.48. The molecule has 4 rings (SSSR count). The topological polar surface area (TPSA) is 62.1 Å². The van der Waals surface area contributed by atoms with Crippen molar-refractivity contribution in [1.82, 2.24) is 5.01 Å². The number of methoxy groups -OCH3 is 1. The normalized spacial score (nSPS) is 16.6. The Labute approximate surface area is 158 Å². The van der Waals surface area contributed by atoms with Gasteiger partial charge in [-0.1, -0.05) is 12.1 Å². The van der Waals surface area contributed by atoms with Gasteiger partial charge in [0.15, 0.2) is 11.5 Å². The highest BCUT2D eigenvalue weighted by atomic mass is 32.1. The Morgan fingerprint density at radius 1 is 1.23 bits per heavy atom. The second-order valence-corrected chi connectivity index (χ2v) is 7.72. The van der Waals surface area contributed by atoms with E-state index in [4.69, 9.17) is 4.74 Å². The summed E-state index contributed by atoms with van der Waals surface area (Å²) in [6, 6.07) is 12.7. The van der Waals surface area contributed by atoms with E-state index in [-0.39, 0.29) is 17.7 Å². The summed E-state index contributed by atoms with van der Waals surface area (Å²) in [5.74, 6) is 0.372. The number of hydrazone groups is 1. The fraction of sp³-hybridized carbons (Fsp3) is 0.158. The van der Waals surface area contributed by atoms with Crippen molar-refractivity contribution in [2.75, 3.05) is 7.11 Å². The first-order valence-corrected chi connectivity index (χ1v) is 9.78. The molecule has 3 heterocycles. The highest BCUT2D eigenvalue weighted by Gasteiger charge is 2.34. The fourth-order valence-corrected chi connectivity index (χ4v) is 4.41. The third kappa shape index (κ3) is 3.00. The number of hydrogen-bond acceptors (Lipinski definition) is 6. The van der Waals surface area contributed by atoms with Crippen molar-refractivity contribution in [3.8, 4) is 11.5 Å². The van der Waals surface area contributed by atoms with E-state index in [0.717, 1.165) is 16.2 Å². The molecule has 1 amide bonds. The monoisotopic (exact) mass is 384 g/mol. The number of ether oxygens (including phenoxy) is 1. The SMILES string of the molecule is COc1cc(C2=NN(C(=O)c3cccs3)C(c3cccs3)C2)ccc1O. The van der Waals surface area contributed by atoms with Crippen LogP contribution in [0.25, 0.3) is 0 Å². The average Bonchev–Trinajstić information content (AvgIpc) is 3.42. The number of rotatable bonds is 4. The molecule has 2 aromatic heterocycles. The lowest BCUT2D eigenvalue weighted by atomic mass is 10.0. The molecular formula is C19H16N2O3S2. The van der Waals surface area contributed by atoms with Gasteiger partial charge in [0, 0.05) is 16.9 Å². The van der Waals surface area contributed by atoms with Gasteiger partial charge in [0.2, 0.25) is 0 Å². The maximum absolute atomic E-state index is 12.9. The molecule has 0 saturated carbocycles. The minimum absolute atomic E-state index is 0.0798. The number of aromatic hydroxyl groups is 1. The van der Waals surface area contributed by atoms with Gasteiger partial charge in [-0.2, -0.15) is 5.10 Å². The Morgan fingerprint density at radius 3 is 2.73 bits per heavy atom. The van der Waals surface area contributed by atoms with Gasteiger partial charge in [0.05, 0.1) is 23.7 Å². The second-order valence-electron chi connectivity index (χ2n) is 5.80. The minimum atomic E-state index is -0.126. The molecule has 7 heteroatoms. The molecule has 0 spiro atoms. The number of phenolic OH excluding ortho intramolecular Hbond substituents is 1. The zero-order valence-electron chi connectivity index (χ0n) is 14.0. The van der Waals surface area contributed by atoms with E-state index in [2.05, 4.69) is 5.10 Å². The molecule has 1 atom stereocenters. The van der Waals surface area contributed by atoms with E-state index in [0.29, 0.717) is 17.0 Å². The smallest absolute Gasteiger partial charge is 0.284 e. The average molecular weight is 384 g/mol. The molecular weight excluding hydrogens is 368 g/mol. The molecule has 3 aromatic rings. The molecule has 0 radical (unpaired) electrons. The van der Waals surface area contributed by atoms with Gasteiger partial charge in [-0.25, -0.2) is 5.01 Å². The van der Waals surface area contributed by atoms with Gasteiger partial charge in [-0.3, -0.25) is 4.79 Å². The summed E-state index contributed by atoms with van der Waals surface area (Å²) in [6.07, 6.45) is 0.617. The summed E-state index contributed by atoms with van der Waals surface area (Å²) in [5, 5.41) is 19.9. The van der Waals surface area contributed by atoms with E-state index in [1.807, 2.05) is 35.0 Å². The molecule has 0 saturated heterocycles. The van der Waals surface area contributed by atoms with Crippen molar-refractivity contribution in [2.24, 2.45) is 5.10 Å². The maximum Gasteiger partial charge on any atom is 0.284 e. The highest BCUT2D eigenvalue weighted by Crippen LogP contribution is 2.37. The van der Waals surface area contributed by atoms with Gasteiger partial charge in [-0.15, -0.1) is 22.7 Å². The fourth-order valence-electron chi connectivity index (χ4n) is 2.94. The molecule has 1 aromatic carbocycles.